The highest BCUT2D eigenvalue weighted by molar-refractivity contribution is 6.11. The van der Waals surface area contributed by atoms with Crippen LogP contribution in [0.25, 0.3) is 16.5 Å². The Morgan fingerprint density at radius 1 is 1.05 bits per heavy atom. The van der Waals surface area contributed by atoms with Crippen molar-refractivity contribution in [2.45, 2.75) is 64.5 Å². The van der Waals surface area contributed by atoms with Gasteiger partial charge in [-0.1, -0.05) is 20.3 Å². The number of rotatable bonds is 2. The summed E-state index contributed by atoms with van der Waals surface area (Å²) >= 11 is 0. The number of aliphatic hydroxyl groups excluding tert-OH is 1. The number of likely N-dealkylation sites (tertiary alicyclic amines) is 2. The van der Waals surface area contributed by atoms with Crippen LogP contribution in [0.5, 0.6) is 5.75 Å². The smallest absolute Gasteiger partial charge is 0.415 e. The van der Waals surface area contributed by atoms with Gasteiger partial charge in [-0.15, -0.1) is 0 Å². The Morgan fingerprint density at radius 3 is 2.56 bits per heavy atom. The second kappa shape index (κ2) is 11.4. The van der Waals surface area contributed by atoms with Gasteiger partial charge in [0.2, 0.25) is 0 Å². The Morgan fingerprint density at radius 2 is 1.80 bits per heavy atom. The van der Waals surface area contributed by atoms with Crippen LogP contribution in [0.1, 0.15) is 57.2 Å². The van der Waals surface area contributed by atoms with E-state index < -0.39 is 18.0 Å². The summed E-state index contributed by atoms with van der Waals surface area (Å²) in [5, 5.41) is 11.1. The maximum Gasteiger partial charge on any atom is 0.415 e. The molecule has 3 aliphatic heterocycles. The maximum atomic E-state index is 13.2. The van der Waals surface area contributed by atoms with Gasteiger partial charge in [-0.25, -0.2) is 14.6 Å². The van der Waals surface area contributed by atoms with E-state index in [0.29, 0.717) is 53.7 Å². The molecule has 41 heavy (non-hydrogen) atoms. The number of hydrogen-bond acceptors (Lipinski definition) is 8. The number of carbonyl (C=O) groups excluding carboxylic acids is 3. The van der Waals surface area contributed by atoms with Crippen LogP contribution < -0.4 is 4.74 Å². The molecule has 5 aliphatic rings. The van der Waals surface area contributed by atoms with E-state index in [9.17, 15) is 19.5 Å². The lowest BCUT2D eigenvalue weighted by atomic mass is 9.81. The van der Waals surface area contributed by atoms with Crippen molar-refractivity contribution in [2.75, 3.05) is 32.8 Å². The first-order valence-electron chi connectivity index (χ1n) is 14.9. The number of cyclic esters (lactones) is 1. The zero-order chi connectivity index (χ0) is 28.7. The first kappa shape index (κ1) is 27.6. The first-order chi connectivity index (χ1) is 20.0. The number of esters is 1. The van der Waals surface area contributed by atoms with Crippen molar-refractivity contribution in [3.05, 3.63) is 52.7 Å². The lowest BCUT2D eigenvalue weighted by Crippen LogP contribution is -2.48. The Balaban J connectivity index is 0.00000148. The number of piperidine rings is 2. The molecule has 4 heterocycles. The monoisotopic (exact) mass is 559 g/mol. The lowest BCUT2D eigenvalue weighted by Gasteiger charge is -2.39. The van der Waals surface area contributed by atoms with Crippen molar-refractivity contribution >= 4 is 34.3 Å². The van der Waals surface area contributed by atoms with Crippen LogP contribution in [0.3, 0.4) is 0 Å². The van der Waals surface area contributed by atoms with Gasteiger partial charge in [0.1, 0.15) is 12.4 Å². The van der Waals surface area contributed by atoms with Crippen molar-refractivity contribution < 1.29 is 29.0 Å². The number of fused-ring (bicyclic) bond motifs is 4. The van der Waals surface area contributed by atoms with E-state index in [2.05, 4.69) is 4.90 Å². The van der Waals surface area contributed by atoms with Gasteiger partial charge in [-0.3, -0.25) is 4.79 Å². The minimum atomic E-state index is -1.46. The summed E-state index contributed by atoms with van der Waals surface area (Å²) in [5.41, 5.74) is 3.75. The van der Waals surface area contributed by atoms with Crippen molar-refractivity contribution in [3.63, 3.8) is 0 Å². The minimum Gasteiger partial charge on any atom is -0.458 e. The Bertz CT molecular complexity index is 1450. The second-order valence-corrected chi connectivity index (χ2v) is 11.2. The summed E-state index contributed by atoms with van der Waals surface area (Å²) in [7, 11) is 0. The second-order valence-electron chi connectivity index (χ2n) is 11.2. The number of benzene rings is 1. The third-order valence-corrected chi connectivity index (χ3v) is 8.92. The van der Waals surface area contributed by atoms with Gasteiger partial charge < -0.3 is 24.4 Å². The normalized spacial score (nSPS) is 24.6. The number of pyridine rings is 1. The average Bonchev–Trinajstić information content (AvgIpc) is 3.37. The van der Waals surface area contributed by atoms with Gasteiger partial charge in [0.15, 0.2) is 11.9 Å². The highest BCUT2D eigenvalue weighted by Crippen LogP contribution is 2.44. The summed E-state index contributed by atoms with van der Waals surface area (Å²) < 4.78 is 10.7. The summed E-state index contributed by atoms with van der Waals surface area (Å²) in [5.74, 6) is -0.809. The zero-order valence-corrected chi connectivity index (χ0v) is 23.7. The van der Waals surface area contributed by atoms with E-state index in [1.807, 2.05) is 32.0 Å². The number of hydrogen-bond donors (Lipinski definition) is 1. The lowest BCUT2D eigenvalue weighted by molar-refractivity contribution is -0.152. The van der Waals surface area contributed by atoms with Crippen molar-refractivity contribution in [1.82, 2.24) is 14.8 Å². The Hall–Kier alpha value is -3.56. The third-order valence-electron chi connectivity index (χ3n) is 8.92. The summed E-state index contributed by atoms with van der Waals surface area (Å²) in [6.45, 7) is 7.64. The molecule has 9 heteroatoms. The van der Waals surface area contributed by atoms with Crippen LogP contribution in [0, 0.1) is 5.92 Å². The molecular formula is C32H37N3O6. The number of carbonyl (C=O) groups is 3. The van der Waals surface area contributed by atoms with E-state index in [1.165, 1.54) is 32.4 Å². The Labute approximate surface area is 239 Å². The van der Waals surface area contributed by atoms with E-state index >= 15 is 0 Å². The molecule has 0 bridgehead atoms. The van der Waals surface area contributed by atoms with Crippen LogP contribution in [0.2, 0.25) is 0 Å². The number of Topliss-reactive ketones (excluding diaryl/α,β-unsaturated/α-hetero) is 1. The van der Waals surface area contributed by atoms with Crippen LogP contribution in [-0.2, 0) is 20.7 Å². The SMILES string of the molecule is CC.O=C1OCC2=C(C=C3c4nc5ccc(OC(=O)N6CCC(N7CCCCC7)CC6)cc5cc4CC3C2=O)C1O. The predicted octanol–water partition coefficient (Wildman–Crippen LogP) is 4.06. The maximum absolute atomic E-state index is 13.2. The molecule has 0 spiro atoms. The molecule has 2 fully saturated rings. The van der Waals surface area contributed by atoms with Crippen LogP contribution in [-0.4, -0.2) is 82.7 Å². The molecule has 2 aromatic rings. The summed E-state index contributed by atoms with van der Waals surface area (Å²) in [4.78, 5) is 47.2. The van der Waals surface area contributed by atoms with Gasteiger partial charge in [0.25, 0.3) is 0 Å². The quantitative estimate of drug-likeness (QED) is 0.549. The first-order valence-corrected chi connectivity index (χ1v) is 14.9. The summed E-state index contributed by atoms with van der Waals surface area (Å²) in [6, 6.07) is 7.93. The largest absolute Gasteiger partial charge is 0.458 e. The standard InChI is InChI=1S/C30H31N3O6.C2H6/c34-27-22-14-18-12-17-13-20(39-30(37)33-10-6-19(7-11-33)32-8-2-1-3-9-32)4-5-25(17)31-26(18)21(22)15-23-24(27)16-38-29(36)28(23)35;1-2/h4-5,12-13,15,19,22,28,35H,1-3,6-11,14,16H2;1-2H3. The molecule has 1 aromatic carbocycles. The van der Waals surface area contributed by atoms with Gasteiger partial charge in [-0.2, -0.15) is 0 Å². The fraction of sp³-hybridized carbons (Fsp3) is 0.500. The molecule has 216 valence electrons. The average molecular weight is 560 g/mol. The number of aromatic nitrogens is 1. The van der Waals surface area contributed by atoms with Gasteiger partial charge in [0, 0.05) is 35.7 Å². The molecule has 1 N–H and O–H groups in total. The minimum absolute atomic E-state index is 0.110. The molecule has 2 atom stereocenters. The number of aliphatic hydroxyl groups is 1. The molecule has 0 saturated carbocycles. The molecule has 1 aromatic heterocycles. The zero-order valence-electron chi connectivity index (χ0n) is 23.7. The molecule has 2 saturated heterocycles. The fourth-order valence-corrected chi connectivity index (χ4v) is 6.78. The van der Waals surface area contributed by atoms with E-state index in [0.717, 1.165) is 29.4 Å². The third kappa shape index (κ3) is 5.06. The molecule has 9 nitrogen and oxygen atoms in total. The van der Waals surface area contributed by atoms with Gasteiger partial charge >= 0.3 is 12.1 Å². The number of nitrogens with zero attached hydrogens (tertiary/aromatic N) is 3. The van der Waals surface area contributed by atoms with E-state index in [-0.39, 0.29) is 18.5 Å². The van der Waals surface area contributed by atoms with Crippen molar-refractivity contribution in [3.8, 4) is 5.75 Å². The van der Waals surface area contributed by atoms with E-state index in [1.54, 1.807) is 17.0 Å². The van der Waals surface area contributed by atoms with E-state index in [4.69, 9.17) is 14.5 Å². The molecule has 2 unspecified atom stereocenters. The van der Waals surface area contributed by atoms with Gasteiger partial charge in [0.05, 0.1) is 17.1 Å². The molecule has 0 radical (unpaired) electrons. The van der Waals surface area contributed by atoms with Crippen LogP contribution >= 0.6 is 0 Å². The topological polar surface area (TPSA) is 109 Å². The highest BCUT2D eigenvalue weighted by atomic mass is 16.6. The fourth-order valence-electron chi connectivity index (χ4n) is 6.78. The molecule has 2 aliphatic carbocycles. The summed E-state index contributed by atoms with van der Waals surface area (Å²) in [6.07, 6.45) is 6.27. The predicted molar refractivity (Wildman–Crippen MR) is 153 cm³/mol. The number of allylic oxidation sites excluding steroid dienone is 1. The van der Waals surface area contributed by atoms with Crippen LogP contribution in [0.4, 0.5) is 4.79 Å². The van der Waals surface area contributed by atoms with Crippen molar-refractivity contribution in [2.24, 2.45) is 5.92 Å². The number of amides is 1. The molecule has 7 rings (SSSR count). The number of ketones is 1. The molecule has 1 amide bonds. The molecular weight excluding hydrogens is 522 g/mol. The number of ether oxygens (including phenoxy) is 2. The Kier molecular flexibility index (Phi) is 7.66. The van der Waals surface area contributed by atoms with Crippen molar-refractivity contribution in [1.29, 1.82) is 0 Å². The van der Waals surface area contributed by atoms with Gasteiger partial charge in [-0.05, 0) is 86.7 Å². The highest BCUT2D eigenvalue weighted by Gasteiger charge is 2.43. The van der Waals surface area contributed by atoms with Crippen LogP contribution in [0.15, 0.2) is 41.5 Å².